The lowest BCUT2D eigenvalue weighted by Crippen LogP contribution is -2.02. The number of furan rings is 1. The molecule has 57 heavy (non-hydrogen) atoms. The van der Waals surface area contributed by atoms with E-state index in [4.69, 9.17) is 26.2 Å². The molecule has 0 atom stereocenters. The van der Waals surface area contributed by atoms with Crippen LogP contribution in [0.4, 0.5) is 0 Å². The van der Waals surface area contributed by atoms with Crippen molar-refractivity contribution in [1.82, 2.24) is 19.5 Å². The van der Waals surface area contributed by atoms with Crippen LogP contribution in [0.2, 0.25) is 0 Å². The third-order valence-electron chi connectivity index (χ3n) is 10.6. The number of thiophene rings is 1. The minimum atomic E-state index is -0.357. The van der Waals surface area contributed by atoms with E-state index in [1.807, 2.05) is 84.9 Å². The summed E-state index contributed by atoms with van der Waals surface area (Å²) in [6.45, 7) is 0. The number of nitrogens with zero attached hydrogens (tertiary/aromatic N) is 4. The molecule has 12 rings (SSSR count). The third kappa shape index (κ3) is 5.04. The molecule has 0 saturated heterocycles. The Labute approximate surface area is 339 Å². The van der Waals surface area contributed by atoms with Gasteiger partial charge in [0.05, 0.1) is 24.9 Å². The van der Waals surface area contributed by atoms with Gasteiger partial charge in [0.2, 0.25) is 0 Å². The van der Waals surface area contributed by atoms with E-state index >= 15 is 0 Å². The maximum absolute atomic E-state index is 9.44. The monoisotopic (exact) mass is 752 g/mol. The number of fused-ring (bicyclic) bond motifs is 9. The van der Waals surface area contributed by atoms with Crippen LogP contribution in [0.3, 0.4) is 0 Å². The molecule has 12 aromatic rings. The zero-order valence-corrected chi connectivity index (χ0v) is 30.8. The van der Waals surface area contributed by atoms with Crippen LogP contribution in [-0.2, 0) is 0 Å². The maximum atomic E-state index is 9.44. The van der Waals surface area contributed by atoms with Crippen molar-refractivity contribution in [2.75, 3.05) is 0 Å². The van der Waals surface area contributed by atoms with Gasteiger partial charge in [-0.3, -0.25) is 0 Å². The van der Waals surface area contributed by atoms with E-state index < -0.39 is 0 Å². The van der Waals surface area contributed by atoms with E-state index in [1.165, 1.54) is 21.5 Å². The van der Waals surface area contributed by atoms with Crippen LogP contribution in [-0.4, -0.2) is 19.5 Å². The highest BCUT2D eigenvalue weighted by Gasteiger charge is 2.21. The van der Waals surface area contributed by atoms with E-state index in [2.05, 4.69) is 59.2 Å². The Hall–Kier alpha value is -7.41. The molecule has 5 nitrogen and oxygen atoms in total. The second-order valence-electron chi connectivity index (χ2n) is 13.9. The molecule has 0 spiro atoms. The van der Waals surface area contributed by atoms with Crippen molar-refractivity contribution in [3.8, 4) is 51.0 Å². The van der Waals surface area contributed by atoms with E-state index in [9.17, 15) is 1.37 Å². The van der Waals surface area contributed by atoms with Gasteiger partial charge >= 0.3 is 0 Å². The number of rotatable bonds is 5. The fourth-order valence-electron chi connectivity index (χ4n) is 8.02. The van der Waals surface area contributed by atoms with Gasteiger partial charge in [-0.1, -0.05) is 145 Å². The molecule has 4 heterocycles. The van der Waals surface area contributed by atoms with Crippen molar-refractivity contribution in [2.24, 2.45) is 0 Å². The molecule has 0 bridgehead atoms. The van der Waals surface area contributed by atoms with Gasteiger partial charge in [-0.05, 0) is 36.4 Å². The van der Waals surface area contributed by atoms with Gasteiger partial charge in [0.15, 0.2) is 17.5 Å². The number of para-hydroxylation sites is 4. The molecule has 266 valence electrons. The maximum Gasteiger partial charge on any atom is 0.164 e. The minimum Gasteiger partial charge on any atom is -0.455 e. The quantitative estimate of drug-likeness (QED) is 0.176. The molecular weight excluding hydrogens is 717 g/mol. The third-order valence-corrected chi connectivity index (χ3v) is 11.8. The van der Waals surface area contributed by atoms with Gasteiger partial charge in [-0.15, -0.1) is 11.3 Å². The Bertz CT molecular complexity index is 3840. The van der Waals surface area contributed by atoms with Crippen LogP contribution >= 0.6 is 11.3 Å². The Morgan fingerprint density at radius 1 is 0.456 bits per heavy atom. The smallest absolute Gasteiger partial charge is 0.164 e. The van der Waals surface area contributed by atoms with Crippen LogP contribution in [0.25, 0.3) is 115 Å². The highest BCUT2D eigenvalue weighted by atomic mass is 32.1. The van der Waals surface area contributed by atoms with Crippen LogP contribution in [0.5, 0.6) is 0 Å². The highest BCUT2D eigenvalue weighted by molar-refractivity contribution is 7.25. The Morgan fingerprint density at radius 3 is 1.88 bits per heavy atom. The molecule has 0 N–H and O–H groups in total. The molecule has 0 unspecified atom stereocenters. The lowest BCUT2D eigenvalue weighted by molar-refractivity contribution is 0.670. The normalized spacial score (nSPS) is 13.3. The largest absolute Gasteiger partial charge is 0.455 e. The molecule has 8 aromatic carbocycles. The predicted octanol–water partition coefficient (Wildman–Crippen LogP) is 13.9. The topological polar surface area (TPSA) is 56.7 Å². The van der Waals surface area contributed by atoms with Gasteiger partial charge in [-0.2, -0.15) is 0 Å². The zero-order chi connectivity index (χ0) is 42.7. The van der Waals surface area contributed by atoms with Gasteiger partial charge in [0, 0.05) is 69.5 Å². The fraction of sp³-hybridized carbons (Fsp3) is 0. The summed E-state index contributed by atoms with van der Waals surface area (Å²) >= 11 is 1.73. The fourth-order valence-corrected chi connectivity index (χ4v) is 9.17. The summed E-state index contributed by atoms with van der Waals surface area (Å²) in [5, 5.41) is 4.63. The van der Waals surface area contributed by atoms with Crippen molar-refractivity contribution in [3.05, 3.63) is 182 Å². The van der Waals surface area contributed by atoms with Crippen LogP contribution in [0, 0.1) is 0 Å². The summed E-state index contributed by atoms with van der Waals surface area (Å²) in [6.07, 6.45) is 0. The molecule has 4 aromatic heterocycles. The number of aromatic nitrogens is 4. The second kappa shape index (κ2) is 12.6. The first-order chi connectivity index (χ1) is 30.7. The van der Waals surface area contributed by atoms with Gasteiger partial charge in [-0.25, -0.2) is 15.0 Å². The zero-order valence-electron chi connectivity index (χ0n) is 36.0. The molecule has 0 aliphatic carbocycles. The number of hydrogen-bond acceptors (Lipinski definition) is 5. The molecule has 0 aliphatic rings. The average molecular weight is 753 g/mol. The molecule has 0 aliphatic heterocycles. The second-order valence-corrected chi connectivity index (χ2v) is 15.0. The first-order valence-electron chi connectivity index (χ1n) is 21.5. The first kappa shape index (κ1) is 26.4. The standard InChI is InChI=1S/C51H30N4OS/c1-2-13-31(14-3-1)49-52-50(54-51(53-49)33-26-28-39-38-18-7-11-24-46(38)57-47(39)30-33)32-25-27-36(40-19-12-20-41-37-17-6-10-23-45(37)56-48(40)41)44(29-32)55-42-21-8-4-15-34(42)35-16-5-9-22-43(35)55/h1-30H/i6D,12D,17D,19D,20D,23D. The summed E-state index contributed by atoms with van der Waals surface area (Å²) in [5.41, 5.74) is 5.63. The van der Waals surface area contributed by atoms with E-state index in [1.54, 1.807) is 11.3 Å². The summed E-state index contributed by atoms with van der Waals surface area (Å²) in [4.78, 5) is 15.3. The summed E-state index contributed by atoms with van der Waals surface area (Å²) in [5.74, 6) is 1.43. The lowest BCUT2D eigenvalue weighted by atomic mass is 9.98. The Morgan fingerprint density at radius 2 is 1.09 bits per heavy atom. The lowest BCUT2D eigenvalue weighted by Gasteiger charge is -2.16. The Balaban J connectivity index is 1.16. The molecule has 0 radical (unpaired) electrons. The SMILES string of the molecule is [2H]c1cc([2H])c2oc3c(-c4ccc(-c5nc(-c6ccccc6)nc(-c6ccc7c(c6)sc6ccccc67)n5)cc4-n4c5ccccc5c5ccccc54)c([2H])c([2H])c([2H])c3c2c1[2H]. The molecule has 0 fully saturated rings. The van der Waals surface area contributed by atoms with Crippen LogP contribution in [0.15, 0.2) is 186 Å². The van der Waals surface area contributed by atoms with Gasteiger partial charge < -0.3 is 8.98 Å². The molecular formula is C51H30N4OS. The summed E-state index contributed by atoms with van der Waals surface area (Å²) in [7, 11) is 0. The number of benzene rings is 8. The van der Waals surface area contributed by atoms with Crippen molar-refractivity contribution < 1.29 is 12.6 Å². The van der Waals surface area contributed by atoms with Gasteiger partial charge in [0.25, 0.3) is 0 Å². The van der Waals surface area contributed by atoms with E-state index in [0.717, 1.165) is 37.6 Å². The first-order valence-corrected chi connectivity index (χ1v) is 19.3. The summed E-state index contributed by atoms with van der Waals surface area (Å²) < 4.78 is 64.3. The van der Waals surface area contributed by atoms with Crippen molar-refractivity contribution in [1.29, 1.82) is 0 Å². The van der Waals surface area contributed by atoms with Crippen molar-refractivity contribution >= 4 is 75.3 Å². The molecule has 0 saturated carbocycles. The van der Waals surface area contributed by atoms with Gasteiger partial charge in [0.1, 0.15) is 11.2 Å². The van der Waals surface area contributed by atoms with Crippen molar-refractivity contribution in [3.63, 3.8) is 0 Å². The van der Waals surface area contributed by atoms with E-state index in [-0.39, 0.29) is 63.8 Å². The summed E-state index contributed by atoms with van der Waals surface area (Å²) in [6, 6.07) is 46.3. The molecule has 0 amide bonds. The minimum absolute atomic E-state index is 0.0285. The average Bonchev–Trinajstić information content (AvgIpc) is 4.01. The number of hydrogen-bond donors (Lipinski definition) is 0. The highest BCUT2D eigenvalue weighted by Crippen LogP contribution is 2.42. The predicted molar refractivity (Wildman–Crippen MR) is 236 cm³/mol. The van der Waals surface area contributed by atoms with Crippen molar-refractivity contribution in [2.45, 2.75) is 0 Å². The van der Waals surface area contributed by atoms with Crippen LogP contribution in [0.1, 0.15) is 8.22 Å². The molecule has 6 heteroatoms. The van der Waals surface area contributed by atoms with Crippen LogP contribution < -0.4 is 0 Å². The Kier molecular flexibility index (Phi) is 5.82. The van der Waals surface area contributed by atoms with E-state index in [0.29, 0.717) is 34.3 Å².